The molecule has 2 aliphatic rings. The van der Waals surface area contributed by atoms with Gasteiger partial charge >= 0.3 is 6.09 Å². The Hall–Kier alpha value is -3.60. The number of aliphatic hydroxyl groups is 1. The van der Waals surface area contributed by atoms with Crippen LogP contribution in [0.25, 0.3) is 5.57 Å². The van der Waals surface area contributed by atoms with Crippen molar-refractivity contribution in [2.45, 2.75) is 84.7 Å². The second kappa shape index (κ2) is 18.5. The standard InChI is InChI=1S/C33H47ClN6O4.C2H6/c1-8-14-37-29-23(4)9-11-25(28(13-15-36-21-35-7)38-31(41)33(5,6)43)27-20-24(34)10-12-26(27)30(29)39-16-18-40(19-17-39)32(42)44-22(2)3;1-2/h8,10-15,20-22,28-30,37,43H,4,9,16-19H2,1-3,5-7H3,(H,35,36)(H,38,41);1-2H3/b14-8-,15-13+,25-11+;/t28-,29?,30-;/m0./s1. The molecule has 1 aromatic carbocycles. The zero-order chi connectivity index (χ0) is 34.4. The van der Waals surface area contributed by atoms with Gasteiger partial charge in [0.25, 0.3) is 5.91 Å². The molecule has 3 rings (SSSR count). The van der Waals surface area contributed by atoms with E-state index in [0.717, 1.165) is 22.3 Å². The summed E-state index contributed by atoms with van der Waals surface area (Å²) in [6, 6.07) is 4.89. The van der Waals surface area contributed by atoms with Crippen LogP contribution < -0.4 is 16.0 Å². The number of carbonyl (C=O) groups is 2. The number of aliphatic imine (C=N–C) groups is 1. The molecule has 3 atom stereocenters. The third-order valence-electron chi connectivity index (χ3n) is 7.50. The lowest BCUT2D eigenvalue weighted by Gasteiger charge is -2.44. The first-order valence-corrected chi connectivity index (χ1v) is 16.4. The fourth-order valence-electron chi connectivity index (χ4n) is 5.30. The Bertz CT molecular complexity index is 1290. The van der Waals surface area contributed by atoms with Gasteiger partial charge in [-0.15, -0.1) is 0 Å². The minimum absolute atomic E-state index is 0.152. The van der Waals surface area contributed by atoms with Crippen molar-refractivity contribution in [2.24, 2.45) is 4.99 Å². The highest BCUT2D eigenvalue weighted by Crippen LogP contribution is 2.40. The Morgan fingerprint density at radius 2 is 1.85 bits per heavy atom. The number of allylic oxidation sites excluding steroid dienone is 2. The van der Waals surface area contributed by atoms with Crippen molar-refractivity contribution >= 4 is 35.5 Å². The minimum atomic E-state index is -1.59. The monoisotopic (exact) mass is 656 g/mol. The van der Waals surface area contributed by atoms with Gasteiger partial charge in [0, 0.05) is 44.4 Å². The maximum absolute atomic E-state index is 13.1. The molecule has 4 N–H and O–H groups in total. The van der Waals surface area contributed by atoms with Crippen molar-refractivity contribution in [3.8, 4) is 0 Å². The van der Waals surface area contributed by atoms with E-state index in [-0.39, 0.29) is 24.3 Å². The molecule has 254 valence electrons. The molecular formula is C35H53ClN6O4. The number of halogens is 1. The highest BCUT2D eigenvalue weighted by Gasteiger charge is 2.37. The molecule has 0 radical (unpaired) electrons. The maximum atomic E-state index is 13.1. The van der Waals surface area contributed by atoms with E-state index in [0.29, 0.717) is 37.6 Å². The van der Waals surface area contributed by atoms with Gasteiger partial charge < -0.3 is 30.7 Å². The number of rotatable bonds is 10. The Kier molecular flexibility index (Phi) is 15.5. The van der Waals surface area contributed by atoms with Crippen LogP contribution in [0.15, 0.2) is 66.0 Å². The number of nitrogens with one attached hydrogen (secondary N) is 3. The minimum Gasteiger partial charge on any atom is -0.447 e. The molecule has 1 aliphatic heterocycles. The van der Waals surface area contributed by atoms with Crippen LogP contribution in [0.4, 0.5) is 4.79 Å². The first kappa shape index (κ1) is 38.6. The third kappa shape index (κ3) is 10.7. The lowest BCUT2D eigenvalue weighted by molar-refractivity contribution is -0.136. The molecule has 2 amide bonds. The summed E-state index contributed by atoms with van der Waals surface area (Å²) < 4.78 is 5.45. The smallest absolute Gasteiger partial charge is 0.410 e. The lowest BCUT2D eigenvalue weighted by Crippen LogP contribution is -2.54. The number of fused-ring (bicyclic) bond motifs is 1. The summed E-state index contributed by atoms with van der Waals surface area (Å²) in [5, 5.41) is 20.6. The molecular weight excluding hydrogens is 604 g/mol. The van der Waals surface area contributed by atoms with Gasteiger partial charge in [0.15, 0.2) is 0 Å². The number of ether oxygens (including phenoxy) is 1. The fraction of sp³-hybridized carbons (Fsp3) is 0.514. The summed E-state index contributed by atoms with van der Waals surface area (Å²) in [5.74, 6) is -0.518. The normalized spacial score (nSPS) is 21.2. The summed E-state index contributed by atoms with van der Waals surface area (Å²) in [6.07, 6.45) is 11.0. The summed E-state index contributed by atoms with van der Waals surface area (Å²) in [5.41, 5.74) is 2.06. The number of benzene rings is 1. The van der Waals surface area contributed by atoms with Gasteiger partial charge in [-0.3, -0.25) is 14.7 Å². The average Bonchev–Trinajstić information content (AvgIpc) is 3.01. The van der Waals surface area contributed by atoms with E-state index in [1.54, 1.807) is 18.1 Å². The number of hydrogen-bond donors (Lipinski definition) is 4. The zero-order valence-electron chi connectivity index (χ0n) is 28.6. The SMILES string of the molecule is C=C1C/C=C(/[C@H](/C=C/NC=NC)NC(=O)C(C)(C)O)c2cc(Cl)ccc2[C@H](N2CCN(C(=O)OC(C)C)CC2)C1N/C=C\C.CC. The lowest BCUT2D eigenvalue weighted by atomic mass is 9.81. The highest BCUT2D eigenvalue weighted by atomic mass is 35.5. The number of nitrogens with zero attached hydrogens (tertiary/aromatic N) is 3. The van der Waals surface area contributed by atoms with Crippen LogP contribution >= 0.6 is 11.6 Å². The second-order valence-corrected chi connectivity index (χ2v) is 12.2. The van der Waals surface area contributed by atoms with Crippen molar-refractivity contribution in [3.63, 3.8) is 0 Å². The van der Waals surface area contributed by atoms with Gasteiger partial charge in [0.1, 0.15) is 5.60 Å². The first-order valence-electron chi connectivity index (χ1n) is 16.0. The maximum Gasteiger partial charge on any atom is 0.410 e. The largest absolute Gasteiger partial charge is 0.447 e. The second-order valence-electron chi connectivity index (χ2n) is 11.7. The van der Waals surface area contributed by atoms with Crippen molar-refractivity contribution in [3.05, 3.63) is 77.1 Å². The first-order chi connectivity index (χ1) is 21.9. The zero-order valence-corrected chi connectivity index (χ0v) is 29.4. The Morgan fingerprint density at radius 1 is 1.17 bits per heavy atom. The number of amides is 2. The van der Waals surface area contributed by atoms with Crippen molar-refractivity contribution in [2.75, 3.05) is 33.2 Å². The van der Waals surface area contributed by atoms with Crippen molar-refractivity contribution in [1.29, 1.82) is 0 Å². The predicted octanol–water partition coefficient (Wildman–Crippen LogP) is 5.42. The summed E-state index contributed by atoms with van der Waals surface area (Å²) in [4.78, 5) is 33.8. The van der Waals surface area contributed by atoms with Crippen LogP contribution in [0.2, 0.25) is 5.02 Å². The Labute approximate surface area is 280 Å². The molecule has 1 heterocycles. The van der Waals surface area contributed by atoms with Gasteiger partial charge in [-0.05, 0) is 87.7 Å². The van der Waals surface area contributed by atoms with Gasteiger partial charge in [0.05, 0.1) is 30.6 Å². The molecule has 0 aromatic heterocycles. The average molecular weight is 657 g/mol. The van der Waals surface area contributed by atoms with Gasteiger partial charge in [-0.1, -0.05) is 50.2 Å². The van der Waals surface area contributed by atoms with Crippen LogP contribution in [-0.2, 0) is 9.53 Å². The summed E-state index contributed by atoms with van der Waals surface area (Å²) in [6.45, 7) is 19.3. The van der Waals surface area contributed by atoms with E-state index in [1.165, 1.54) is 20.2 Å². The summed E-state index contributed by atoms with van der Waals surface area (Å²) in [7, 11) is 1.65. The van der Waals surface area contributed by atoms with E-state index in [2.05, 4.69) is 38.5 Å². The van der Waals surface area contributed by atoms with E-state index < -0.39 is 17.6 Å². The number of hydrogen-bond acceptors (Lipinski definition) is 7. The molecule has 1 aliphatic carbocycles. The van der Waals surface area contributed by atoms with Crippen LogP contribution in [-0.4, -0.2) is 90.3 Å². The third-order valence-corrected chi connectivity index (χ3v) is 7.73. The molecule has 0 bridgehead atoms. The van der Waals surface area contributed by atoms with Crippen LogP contribution in [0, 0.1) is 0 Å². The van der Waals surface area contributed by atoms with Gasteiger partial charge in [0.2, 0.25) is 0 Å². The Balaban J connectivity index is 0.00000361. The molecule has 10 nitrogen and oxygen atoms in total. The van der Waals surface area contributed by atoms with Crippen LogP contribution in [0.1, 0.15) is 72.1 Å². The Morgan fingerprint density at radius 3 is 2.43 bits per heavy atom. The number of carbonyl (C=O) groups excluding carboxylic acids is 2. The molecule has 46 heavy (non-hydrogen) atoms. The van der Waals surface area contributed by atoms with Crippen molar-refractivity contribution in [1.82, 2.24) is 25.8 Å². The van der Waals surface area contributed by atoms with Gasteiger partial charge in [-0.2, -0.15) is 0 Å². The predicted molar refractivity (Wildman–Crippen MR) is 189 cm³/mol. The quantitative estimate of drug-likeness (QED) is 0.151. The van der Waals surface area contributed by atoms with E-state index in [1.807, 2.05) is 71.2 Å². The molecule has 0 spiro atoms. The van der Waals surface area contributed by atoms with E-state index >= 15 is 0 Å². The topological polar surface area (TPSA) is 119 Å². The van der Waals surface area contributed by atoms with Crippen LogP contribution in [0.3, 0.4) is 0 Å². The highest BCUT2D eigenvalue weighted by molar-refractivity contribution is 6.30. The van der Waals surface area contributed by atoms with Gasteiger partial charge in [-0.25, -0.2) is 4.79 Å². The summed E-state index contributed by atoms with van der Waals surface area (Å²) >= 11 is 6.62. The number of piperazine rings is 1. The molecule has 1 saturated heterocycles. The molecule has 1 fully saturated rings. The van der Waals surface area contributed by atoms with Crippen LogP contribution in [0.5, 0.6) is 0 Å². The van der Waals surface area contributed by atoms with E-state index in [9.17, 15) is 14.7 Å². The van der Waals surface area contributed by atoms with E-state index in [4.69, 9.17) is 16.3 Å². The fourth-order valence-corrected chi connectivity index (χ4v) is 5.48. The molecule has 0 saturated carbocycles. The molecule has 11 heteroatoms. The molecule has 1 unspecified atom stereocenters. The van der Waals surface area contributed by atoms with Crippen molar-refractivity contribution < 1.29 is 19.4 Å². The molecule has 1 aromatic rings.